The van der Waals surface area contributed by atoms with Crippen LogP contribution in [-0.4, -0.2) is 10.9 Å². The van der Waals surface area contributed by atoms with E-state index in [-0.39, 0.29) is 11.9 Å². The minimum absolute atomic E-state index is 0.0155. The van der Waals surface area contributed by atoms with Crippen LogP contribution in [0.5, 0.6) is 0 Å². The van der Waals surface area contributed by atoms with Gasteiger partial charge in [-0.3, -0.25) is 4.79 Å². The lowest BCUT2D eigenvalue weighted by atomic mass is 9.84. The SMILES string of the molecule is Cc1ccccc1C(C)NC(=O)C1(C(N)=S)CCCC1. The molecule has 3 N–H and O–H groups in total. The molecule has 0 spiro atoms. The van der Waals surface area contributed by atoms with E-state index in [1.807, 2.05) is 25.1 Å². The van der Waals surface area contributed by atoms with E-state index in [4.69, 9.17) is 18.0 Å². The Morgan fingerprint density at radius 3 is 2.50 bits per heavy atom. The molecule has 0 saturated heterocycles. The maximum atomic E-state index is 12.6. The number of rotatable bonds is 4. The maximum absolute atomic E-state index is 12.6. The summed E-state index contributed by atoms with van der Waals surface area (Å²) < 4.78 is 0. The van der Waals surface area contributed by atoms with Crippen molar-refractivity contribution in [2.24, 2.45) is 11.1 Å². The quantitative estimate of drug-likeness (QED) is 0.838. The second-order valence-corrected chi connectivity index (χ2v) is 6.15. The number of hydrogen-bond donors (Lipinski definition) is 2. The van der Waals surface area contributed by atoms with Crippen molar-refractivity contribution in [1.82, 2.24) is 5.32 Å². The zero-order valence-corrected chi connectivity index (χ0v) is 12.9. The summed E-state index contributed by atoms with van der Waals surface area (Å²) >= 11 is 5.16. The molecule has 1 atom stereocenters. The Bertz CT molecular complexity index is 521. The molecule has 4 heteroatoms. The van der Waals surface area contributed by atoms with Gasteiger partial charge in [0.25, 0.3) is 0 Å². The molecule has 1 aliphatic carbocycles. The number of benzene rings is 1. The fraction of sp³-hybridized carbons (Fsp3) is 0.500. The van der Waals surface area contributed by atoms with Gasteiger partial charge in [0, 0.05) is 0 Å². The summed E-state index contributed by atoms with van der Waals surface area (Å²) in [5.41, 5.74) is 7.53. The zero-order valence-electron chi connectivity index (χ0n) is 12.1. The van der Waals surface area contributed by atoms with E-state index in [1.165, 1.54) is 5.56 Å². The van der Waals surface area contributed by atoms with Gasteiger partial charge in [-0.2, -0.15) is 0 Å². The molecular formula is C16H22N2OS. The third-order valence-electron chi connectivity index (χ3n) is 4.37. The van der Waals surface area contributed by atoms with Gasteiger partial charge in [-0.05, 0) is 37.8 Å². The van der Waals surface area contributed by atoms with Crippen LogP contribution in [0.2, 0.25) is 0 Å². The van der Waals surface area contributed by atoms with Crippen LogP contribution in [-0.2, 0) is 4.79 Å². The lowest BCUT2D eigenvalue weighted by Crippen LogP contribution is -2.47. The van der Waals surface area contributed by atoms with Gasteiger partial charge in [0.2, 0.25) is 5.91 Å². The van der Waals surface area contributed by atoms with E-state index in [2.05, 4.69) is 18.3 Å². The summed E-state index contributed by atoms with van der Waals surface area (Å²) in [6.45, 7) is 4.05. The summed E-state index contributed by atoms with van der Waals surface area (Å²) in [5, 5.41) is 3.09. The first-order valence-electron chi connectivity index (χ1n) is 7.14. The van der Waals surface area contributed by atoms with Crippen LogP contribution >= 0.6 is 12.2 Å². The largest absolute Gasteiger partial charge is 0.392 e. The fourth-order valence-electron chi connectivity index (χ4n) is 3.05. The van der Waals surface area contributed by atoms with Crippen LogP contribution in [0.25, 0.3) is 0 Å². The predicted octanol–water partition coefficient (Wildman–Crippen LogP) is 3.02. The van der Waals surface area contributed by atoms with Crippen molar-refractivity contribution < 1.29 is 4.79 Å². The summed E-state index contributed by atoms with van der Waals surface area (Å²) in [6, 6.07) is 8.06. The Morgan fingerprint density at radius 2 is 1.95 bits per heavy atom. The van der Waals surface area contributed by atoms with Gasteiger partial charge in [-0.1, -0.05) is 49.3 Å². The van der Waals surface area contributed by atoms with Crippen LogP contribution in [0.1, 0.15) is 49.8 Å². The van der Waals surface area contributed by atoms with E-state index in [9.17, 15) is 4.79 Å². The molecule has 2 rings (SSSR count). The number of amides is 1. The second-order valence-electron chi connectivity index (χ2n) is 5.71. The predicted molar refractivity (Wildman–Crippen MR) is 85.4 cm³/mol. The van der Waals surface area contributed by atoms with Crippen molar-refractivity contribution in [3.05, 3.63) is 35.4 Å². The molecule has 1 aromatic rings. The fourth-order valence-corrected chi connectivity index (χ4v) is 3.35. The smallest absolute Gasteiger partial charge is 0.233 e. The van der Waals surface area contributed by atoms with Crippen LogP contribution in [0.3, 0.4) is 0 Å². The number of carbonyl (C=O) groups is 1. The summed E-state index contributed by atoms with van der Waals surface area (Å²) in [5.74, 6) is -0.0155. The lowest BCUT2D eigenvalue weighted by molar-refractivity contribution is -0.128. The molecule has 3 nitrogen and oxygen atoms in total. The monoisotopic (exact) mass is 290 g/mol. The van der Waals surface area contributed by atoms with Gasteiger partial charge in [-0.15, -0.1) is 0 Å². The first-order chi connectivity index (χ1) is 9.47. The molecule has 20 heavy (non-hydrogen) atoms. The third-order valence-corrected chi connectivity index (χ3v) is 4.76. The molecule has 1 saturated carbocycles. The van der Waals surface area contributed by atoms with Crippen molar-refractivity contribution in [3.63, 3.8) is 0 Å². The zero-order chi connectivity index (χ0) is 14.8. The Labute approximate surface area is 125 Å². The molecule has 1 aromatic carbocycles. The molecule has 0 aliphatic heterocycles. The van der Waals surface area contributed by atoms with Crippen LogP contribution in [0.4, 0.5) is 0 Å². The molecule has 0 aromatic heterocycles. The van der Waals surface area contributed by atoms with Crippen LogP contribution in [0, 0.1) is 12.3 Å². The van der Waals surface area contributed by atoms with Crippen molar-refractivity contribution in [2.75, 3.05) is 0 Å². The van der Waals surface area contributed by atoms with Crippen molar-refractivity contribution >= 4 is 23.1 Å². The topological polar surface area (TPSA) is 55.1 Å². The van der Waals surface area contributed by atoms with Crippen molar-refractivity contribution in [2.45, 2.75) is 45.6 Å². The Balaban J connectivity index is 2.15. The average molecular weight is 290 g/mol. The Hall–Kier alpha value is -1.42. The van der Waals surface area contributed by atoms with E-state index in [1.54, 1.807) is 0 Å². The summed E-state index contributed by atoms with van der Waals surface area (Å²) in [4.78, 5) is 13.0. The first kappa shape index (κ1) is 15.0. The maximum Gasteiger partial charge on any atom is 0.233 e. The molecule has 0 heterocycles. The highest BCUT2D eigenvalue weighted by atomic mass is 32.1. The highest BCUT2D eigenvalue weighted by Gasteiger charge is 2.44. The Kier molecular flexibility index (Phi) is 4.43. The summed E-state index contributed by atoms with van der Waals surface area (Å²) in [6.07, 6.45) is 3.58. The third kappa shape index (κ3) is 2.70. The number of nitrogens with two attached hydrogens (primary N) is 1. The highest BCUT2D eigenvalue weighted by Crippen LogP contribution is 2.39. The molecule has 1 amide bonds. The minimum atomic E-state index is -0.633. The number of aryl methyl sites for hydroxylation is 1. The Morgan fingerprint density at radius 1 is 1.35 bits per heavy atom. The number of thiocarbonyl (C=S) groups is 1. The minimum Gasteiger partial charge on any atom is -0.392 e. The van der Waals surface area contributed by atoms with E-state index < -0.39 is 5.41 Å². The van der Waals surface area contributed by atoms with Gasteiger partial charge < -0.3 is 11.1 Å². The molecule has 1 unspecified atom stereocenters. The van der Waals surface area contributed by atoms with Gasteiger partial charge in [0.05, 0.1) is 16.4 Å². The molecular weight excluding hydrogens is 268 g/mol. The van der Waals surface area contributed by atoms with E-state index in [0.717, 1.165) is 31.2 Å². The molecule has 0 bridgehead atoms. The van der Waals surface area contributed by atoms with E-state index in [0.29, 0.717) is 4.99 Å². The van der Waals surface area contributed by atoms with Crippen LogP contribution < -0.4 is 11.1 Å². The second kappa shape index (κ2) is 5.92. The standard InChI is InChI=1S/C16H22N2OS/c1-11-7-3-4-8-13(11)12(2)18-15(19)16(14(17)20)9-5-6-10-16/h3-4,7-8,12H,5-6,9-10H2,1-2H3,(H2,17,20)(H,18,19). The average Bonchev–Trinajstić information content (AvgIpc) is 2.89. The molecule has 1 fully saturated rings. The van der Waals surface area contributed by atoms with Crippen LogP contribution in [0.15, 0.2) is 24.3 Å². The first-order valence-corrected chi connectivity index (χ1v) is 7.54. The van der Waals surface area contributed by atoms with Gasteiger partial charge in [0.15, 0.2) is 0 Å². The van der Waals surface area contributed by atoms with Gasteiger partial charge in [0.1, 0.15) is 0 Å². The molecule has 108 valence electrons. The summed E-state index contributed by atoms with van der Waals surface area (Å²) in [7, 11) is 0. The molecule has 0 radical (unpaired) electrons. The van der Waals surface area contributed by atoms with Crippen molar-refractivity contribution in [1.29, 1.82) is 0 Å². The number of carbonyl (C=O) groups excluding carboxylic acids is 1. The highest BCUT2D eigenvalue weighted by molar-refractivity contribution is 7.80. The van der Waals surface area contributed by atoms with Gasteiger partial charge >= 0.3 is 0 Å². The normalized spacial score (nSPS) is 18.5. The van der Waals surface area contributed by atoms with E-state index >= 15 is 0 Å². The van der Waals surface area contributed by atoms with Crippen molar-refractivity contribution in [3.8, 4) is 0 Å². The lowest BCUT2D eigenvalue weighted by Gasteiger charge is -2.28. The molecule has 1 aliphatic rings. The van der Waals surface area contributed by atoms with Gasteiger partial charge in [-0.25, -0.2) is 0 Å². The number of hydrogen-bond acceptors (Lipinski definition) is 2. The number of nitrogens with one attached hydrogen (secondary N) is 1.